The Bertz CT molecular complexity index is 421. The summed E-state index contributed by atoms with van der Waals surface area (Å²) in [6.45, 7) is 0. The first-order valence-corrected chi connectivity index (χ1v) is 5.59. The quantitative estimate of drug-likeness (QED) is 0.811. The normalized spacial score (nSPS) is 12.9. The Balaban J connectivity index is 0. The maximum Gasteiger partial charge on any atom is 0.137 e. The van der Waals surface area contributed by atoms with Crippen LogP contribution in [0, 0.1) is 4.78 Å². The van der Waals surface area contributed by atoms with Crippen LogP contribution < -0.4 is 10.5 Å². The highest BCUT2D eigenvalue weighted by atomic mass is 35.5. The van der Waals surface area contributed by atoms with Gasteiger partial charge in [0.2, 0.25) is 0 Å². The highest BCUT2D eigenvalue weighted by molar-refractivity contribution is 7.91. The number of nitrogens with one attached hydrogen (secondary N) is 1. The van der Waals surface area contributed by atoms with E-state index in [4.69, 9.17) is 15.3 Å². The molecule has 0 bridgehead atoms. The average Bonchev–Trinajstić information content (AvgIpc) is 2.01. The van der Waals surface area contributed by atoms with Gasteiger partial charge in [-0.15, -0.1) is 24.8 Å². The van der Waals surface area contributed by atoms with Crippen LogP contribution in [0.4, 0.5) is 5.69 Å². The summed E-state index contributed by atoms with van der Waals surface area (Å²) in [5.74, 6) is 0.405. The van der Waals surface area contributed by atoms with Crippen LogP contribution in [0.3, 0.4) is 0 Å². The molecule has 0 heterocycles. The van der Waals surface area contributed by atoms with E-state index >= 15 is 0 Å². The molecule has 0 saturated carbocycles. The number of anilines is 1. The summed E-state index contributed by atoms with van der Waals surface area (Å²) < 4.78 is 23.8. The molecule has 0 aromatic heterocycles. The number of halogens is 2. The molecular formula is C8H14Cl2N2O2S. The topological polar surface area (TPSA) is 76.2 Å². The third-order valence-electron chi connectivity index (χ3n) is 1.61. The number of methoxy groups -OCH3 is 1. The summed E-state index contributed by atoms with van der Waals surface area (Å²) in [6.07, 6.45) is 1.35. The molecule has 4 nitrogen and oxygen atoms in total. The summed E-state index contributed by atoms with van der Waals surface area (Å²) in [5.41, 5.74) is 6.04. The van der Waals surface area contributed by atoms with Gasteiger partial charge in [-0.3, -0.25) is 0 Å². The van der Waals surface area contributed by atoms with Gasteiger partial charge in [0.15, 0.2) is 0 Å². The van der Waals surface area contributed by atoms with E-state index in [1.165, 1.54) is 13.4 Å². The van der Waals surface area contributed by atoms with Crippen molar-refractivity contribution in [1.82, 2.24) is 0 Å². The van der Waals surface area contributed by atoms with Gasteiger partial charge in [-0.2, -0.15) is 0 Å². The Labute approximate surface area is 102 Å². The second kappa shape index (κ2) is 6.05. The second-order valence-corrected chi connectivity index (χ2v) is 4.88. The summed E-state index contributed by atoms with van der Waals surface area (Å²) in [7, 11) is -1.28. The zero-order chi connectivity index (χ0) is 10.1. The molecule has 3 N–H and O–H groups in total. The smallest absolute Gasteiger partial charge is 0.137 e. The van der Waals surface area contributed by atoms with E-state index in [-0.39, 0.29) is 24.8 Å². The van der Waals surface area contributed by atoms with Crippen molar-refractivity contribution in [3.05, 3.63) is 18.2 Å². The molecule has 1 unspecified atom stereocenters. The molecule has 88 valence electrons. The first-order valence-electron chi connectivity index (χ1n) is 3.62. The van der Waals surface area contributed by atoms with Crippen molar-refractivity contribution in [2.24, 2.45) is 0 Å². The molecule has 1 aromatic rings. The van der Waals surface area contributed by atoms with Gasteiger partial charge in [-0.1, -0.05) is 0 Å². The molecular weight excluding hydrogens is 259 g/mol. The molecule has 1 atom stereocenters. The van der Waals surface area contributed by atoms with E-state index in [1.807, 2.05) is 0 Å². The third-order valence-corrected chi connectivity index (χ3v) is 2.78. The molecule has 0 aliphatic heterocycles. The van der Waals surface area contributed by atoms with Crippen molar-refractivity contribution >= 4 is 40.2 Å². The van der Waals surface area contributed by atoms with E-state index in [0.29, 0.717) is 16.3 Å². The van der Waals surface area contributed by atoms with Crippen molar-refractivity contribution < 1.29 is 8.95 Å². The van der Waals surface area contributed by atoms with Gasteiger partial charge in [0, 0.05) is 18.0 Å². The Morgan fingerprint density at radius 1 is 1.40 bits per heavy atom. The molecule has 0 saturated heterocycles. The Morgan fingerprint density at radius 3 is 2.33 bits per heavy atom. The van der Waals surface area contributed by atoms with Gasteiger partial charge in [-0.25, -0.2) is 8.99 Å². The van der Waals surface area contributed by atoms with Gasteiger partial charge >= 0.3 is 0 Å². The van der Waals surface area contributed by atoms with Crippen LogP contribution in [0.1, 0.15) is 0 Å². The van der Waals surface area contributed by atoms with Gasteiger partial charge in [0.05, 0.1) is 21.7 Å². The van der Waals surface area contributed by atoms with E-state index in [9.17, 15) is 4.21 Å². The van der Waals surface area contributed by atoms with Crippen LogP contribution in [-0.2, 0) is 9.73 Å². The minimum absolute atomic E-state index is 0. The lowest BCUT2D eigenvalue weighted by molar-refractivity contribution is 0.404. The largest absolute Gasteiger partial charge is 0.495 e. The zero-order valence-electron chi connectivity index (χ0n) is 8.35. The van der Waals surface area contributed by atoms with Crippen LogP contribution in [0.15, 0.2) is 23.1 Å². The molecule has 1 rings (SSSR count). The van der Waals surface area contributed by atoms with Crippen molar-refractivity contribution in [1.29, 1.82) is 4.78 Å². The van der Waals surface area contributed by atoms with Crippen LogP contribution in [-0.4, -0.2) is 17.6 Å². The van der Waals surface area contributed by atoms with Gasteiger partial charge < -0.3 is 10.5 Å². The Hall–Kier alpha value is -0.650. The predicted molar refractivity (Wildman–Crippen MR) is 67.0 cm³/mol. The molecule has 0 aliphatic rings. The van der Waals surface area contributed by atoms with Crippen molar-refractivity contribution in [2.45, 2.75) is 4.90 Å². The maximum atomic E-state index is 11.4. The van der Waals surface area contributed by atoms with Gasteiger partial charge in [0.1, 0.15) is 5.75 Å². The minimum Gasteiger partial charge on any atom is -0.495 e. The number of hydrogen-bond acceptors (Lipinski definition) is 4. The predicted octanol–water partition coefficient (Wildman–Crippen LogP) is 2.16. The highest BCUT2D eigenvalue weighted by Crippen LogP contribution is 2.25. The monoisotopic (exact) mass is 272 g/mol. The number of benzene rings is 1. The third kappa shape index (κ3) is 4.15. The van der Waals surface area contributed by atoms with Crippen LogP contribution in [0.25, 0.3) is 0 Å². The van der Waals surface area contributed by atoms with Crippen molar-refractivity contribution in [3.63, 3.8) is 0 Å². The van der Waals surface area contributed by atoms with Crippen molar-refractivity contribution in [2.75, 3.05) is 19.1 Å². The van der Waals surface area contributed by atoms with E-state index in [2.05, 4.69) is 0 Å². The van der Waals surface area contributed by atoms with E-state index < -0.39 is 9.73 Å². The lowest BCUT2D eigenvalue weighted by atomic mass is 10.3. The summed E-state index contributed by atoms with van der Waals surface area (Å²) in [5, 5.41) is 0. The van der Waals surface area contributed by atoms with E-state index in [1.54, 1.807) is 18.2 Å². The zero-order valence-corrected chi connectivity index (χ0v) is 10.8. The molecule has 0 amide bonds. The molecule has 0 spiro atoms. The fourth-order valence-electron chi connectivity index (χ4n) is 1.01. The molecule has 0 fully saturated rings. The summed E-state index contributed by atoms with van der Waals surface area (Å²) in [6, 6.07) is 4.73. The van der Waals surface area contributed by atoms with Crippen LogP contribution >= 0.6 is 24.8 Å². The maximum absolute atomic E-state index is 11.4. The Morgan fingerprint density at radius 2 is 1.93 bits per heavy atom. The first kappa shape index (κ1) is 16.8. The van der Waals surface area contributed by atoms with Gasteiger partial charge in [0.25, 0.3) is 0 Å². The number of ether oxygens (including phenoxy) is 1. The molecule has 1 aromatic carbocycles. The lowest BCUT2D eigenvalue weighted by Crippen LogP contribution is -1.99. The number of hydrogen-bond donors (Lipinski definition) is 2. The standard InChI is InChI=1S/C8H12N2O2S.2ClH/c1-12-7-5-6(9)3-4-8(7)13(2,10)11;;/h3-5,10H,9H2,1-2H3;2*1H. The lowest BCUT2D eigenvalue weighted by Gasteiger charge is -2.08. The minimum atomic E-state index is -2.74. The van der Waals surface area contributed by atoms with Crippen molar-refractivity contribution in [3.8, 4) is 5.75 Å². The van der Waals surface area contributed by atoms with Crippen LogP contribution in [0.2, 0.25) is 0 Å². The highest BCUT2D eigenvalue weighted by Gasteiger charge is 2.10. The second-order valence-electron chi connectivity index (χ2n) is 2.75. The fraction of sp³-hybridized carbons (Fsp3) is 0.250. The van der Waals surface area contributed by atoms with Crippen LogP contribution in [0.5, 0.6) is 5.75 Å². The summed E-state index contributed by atoms with van der Waals surface area (Å²) >= 11 is 0. The van der Waals surface area contributed by atoms with E-state index in [0.717, 1.165) is 0 Å². The molecule has 0 radical (unpaired) electrons. The molecule has 15 heavy (non-hydrogen) atoms. The fourth-order valence-corrected chi connectivity index (χ4v) is 1.86. The average molecular weight is 273 g/mol. The molecule has 7 heteroatoms. The number of rotatable bonds is 2. The van der Waals surface area contributed by atoms with Gasteiger partial charge in [-0.05, 0) is 12.1 Å². The SMILES string of the molecule is COc1cc(N)ccc1S(C)(=N)=O.Cl.Cl. The number of nitrogen functional groups attached to an aromatic ring is 1. The number of nitrogens with two attached hydrogens (primary N) is 1. The first-order chi connectivity index (χ1) is 5.95. The summed E-state index contributed by atoms with van der Waals surface area (Å²) in [4.78, 5) is 0.379. The Kier molecular flexibility index (Phi) is 6.76. The molecule has 0 aliphatic carbocycles.